The van der Waals surface area contributed by atoms with Gasteiger partial charge in [-0.15, -0.1) is 0 Å². The van der Waals surface area contributed by atoms with Gasteiger partial charge in [-0.1, -0.05) is 13.8 Å². The maximum atomic E-state index is 12.4. The van der Waals surface area contributed by atoms with Gasteiger partial charge in [0.15, 0.2) is 0 Å². The fraction of sp³-hybridized carbons (Fsp3) is 0.571. The van der Waals surface area contributed by atoms with Crippen LogP contribution in [0, 0.1) is 0 Å². The van der Waals surface area contributed by atoms with Crippen molar-refractivity contribution in [3.8, 4) is 5.75 Å². The predicted octanol–water partition coefficient (Wildman–Crippen LogP) is 4.62. The molecule has 5 nitrogen and oxygen atoms in total. The van der Waals surface area contributed by atoms with Crippen molar-refractivity contribution in [3.05, 3.63) is 30.0 Å². The number of ether oxygens (including phenoxy) is 2. The first kappa shape index (κ1) is 20.3. The van der Waals surface area contributed by atoms with E-state index in [-0.39, 0.29) is 5.97 Å². The molecular weight excluding hydrogens is 328 g/mol. The number of rotatable bonds is 9. The molecule has 1 heterocycles. The van der Waals surface area contributed by atoms with Gasteiger partial charge in [0.05, 0.1) is 12.2 Å². The van der Waals surface area contributed by atoms with Crippen LogP contribution >= 0.6 is 0 Å². The Hall–Kier alpha value is -2.01. The number of nitrogens with zero attached hydrogens (tertiary/aromatic N) is 1. The van der Waals surface area contributed by atoms with Crippen LogP contribution in [0.2, 0.25) is 0 Å². The van der Waals surface area contributed by atoms with Gasteiger partial charge in [0.2, 0.25) is 0 Å². The molecule has 26 heavy (non-hydrogen) atoms. The Balaban J connectivity index is 1.95. The number of fused-ring (bicyclic) bond motifs is 1. The minimum Gasteiger partial charge on any atom is -0.494 e. The second-order valence-corrected chi connectivity index (χ2v) is 7.49. The lowest BCUT2D eigenvalue weighted by Crippen LogP contribution is -2.24. The Bertz CT molecular complexity index is 712. The summed E-state index contributed by atoms with van der Waals surface area (Å²) in [5, 5.41) is 0.833. The normalized spacial score (nSPS) is 11.9. The molecule has 0 amide bonds. The molecule has 0 unspecified atom stereocenters. The van der Waals surface area contributed by atoms with E-state index in [1.54, 1.807) is 6.20 Å². The molecule has 0 saturated heterocycles. The Morgan fingerprint density at radius 1 is 1.15 bits per heavy atom. The van der Waals surface area contributed by atoms with Crippen LogP contribution in [-0.2, 0) is 4.74 Å². The maximum absolute atomic E-state index is 12.4. The third kappa shape index (κ3) is 5.77. The molecule has 2 rings (SSSR count). The standard InChI is InChI=1S/C21H32N2O3/c1-6-23(7-2)12-8-9-13-25-16-10-11-19-17(14-16)18(15-22-19)20(24)26-21(3,4)5/h10-11,14-15,22H,6-9,12-13H2,1-5H3. The van der Waals surface area contributed by atoms with Crippen molar-refractivity contribution in [2.45, 2.75) is 53.1 Å². The second-order valence-electron chi connectivity index (χ2n) is 7.49. The molecule has 0 bridgehead atoms. The fourth-order valence-corrected chi connectivity index (χ4v) is 2.86. The van der Waals surface area contributed by atoms with E-state index in [4.69, 9.17) is 9.47 Å². The molecule has 0 saturated carbocycles. The number of hydrogen-bond donors (Lipinski definition) is 1. The molecule has 0 aliphatic heterocycles. The van der Waals surface area contributed by atoms with Gasteiger partial charge in [0.25, 0.3) is 0 Å². The summed E-state index contributed by atoms with van der Waals surface area (Å²) in [6, 6.07) is 5.78. The first-order valence-electron chi connectivity index (χ1n) is 9.53. The Morgan fingerprint density at radius 3 is 2.54 bits per heavy atom. The van der Waals surface area contributed by atoms with Crippen LogP contribution < -0.4 is 4.74 Å². The number of nitrogens with one attached hydrogen (secondary N) is 1. The topological polar surface area (TPSA) is 54.6 Å². The van der Waals surface area contributed by atoms with E-state index in [0.29, 0.717) is 12.2 Å². The average molecular weight is 360 g/mol. The summed E-state index contributed by atoms with van der Waals surface area (Å²) in [7, 11) is 0. The zero-order valence-electron chi connectivity index (χ0n) is 16.7. The molecule has 2 aromatic rings. The Labute approximate surface area is 156 Å². The molecule has 0 aliphatic carbocycles. The second kappa shape index (κ2) is 9.08. The van der Waals surface area contributed by atoms with E-state index in [1.807, 2.05) is 39.0 Å². The molecule has 0 aliphatic rings. The number of carbonyl (C=O) groups excluding carboxylic acids is 1. The van der Waals surface area contributed by atoms with Crippen molar-refractivity contribution in [2.24, 2.45) is 0 Å². The highest BCUT2D eigenvalue weighted by Crippen LogP contribution is 2.25. The van der Waals surface area contributed by atoms with Gasteiger partial charge in [-0.05, 0) is 71.4 Å². The van der Waals surface area contributed by atoms with Crippen molar-refractivity contribution >= 4 is 16.9 Å². The fourth-order valence-electron chi connectivity index (χ4n) is 2.86. The van der Waals surface area contributed by atoms with Crippen LogP contribution in [0.5, 0.6) is 5.75 Å². The monoisotopic (exact) mass is 360 g/mol. The first-order chi connectivity index (χ1) is 12.3. The third-order valence-corrected chi connectivity index (χ3v) is 4.30. The number of benzene rings is 1. The van der Waals surface area contributed by atoms with Gasteiger partial charge in [-0.2, -0.15) is 0 Å². The van der Waals surface area contributed by atoms with Crippen LogP contribution in [0.25, 0.3) is 10.9 Å². The van der Waals surface area contributed by atoms with Crippen molar-refractivity contribution in [2.75, 3.05) is 26.2 Å². The predicted molar refractivity (Wildman–Crippen MR) is 106 cm³/mol. The minimum absolute atomic E-state index is 0.319. The summed E-state index contributed by atoms with van der Waals surface area (Å²) < 4.78 is 11.4. The lowest BCUT2D eigenvalue weighted by Gasteiger charge is -2.19. The zero-order chi connectivity index (χ0) is 19.2. The van der Waals surface area contributed by atoms with Gasteiger partial charge in [-0.3, -0.25) is 0 Å². The number of hydrogen-bond acceptors (Lipinski definition) is 4. The molecule has 1 N–H and O–H groups in total. The van der Waals surface area contributed by atoms with E-state index in [9.17, 15) is 4.79 Å². The van der Waals surface area contributed by atoms with Crippen molar-refractivity contribution in [1.82, 2.24) is 9.88 Å². The van der Waals surface area contributed by atoms with Crippen LogP contribution in [0.4, 0.5) is 0 Å². The summed E-state index contributed by atoms with van der Waals surface area (Å²) in [6.07, 6.45) is 3.84. The largest absolute Gasteiger partial charge is 0.494 e. The summed E-state index contributed by atoms with van der Waals surface area (Å²) in [5.74, 6) is 0.463. The van der Waals surface area contributed by atoms with E-state index in [0.717, 1.165) is 49.1 Å². The number of esters is 1. The van der Waals surface area contributed by atoms with Crippen LogP contribution in [-0.4, -0.2) is 47.7 Å². The third-order valence-electron chi connectivity index (χ3n) is 4.30. The zero-order valence-corrected chi connectivity index (χ0v) is 16.7. The number of aromatic amines is 1. The van der Waals surface area contributed by atoms with Gasteiger partial charge in [0, 0.05) is 17.1 Å². The molecule has 1 aromatic carbocycles. The van der Waals surface area contributed by atoms with E-state index >= 15 is 0 Å². The molecule has 5 heteroatoms. The quantitative estimate of drug-likeness (QED) is 0.523. The van der Waals surface area contributed by atoms with Crippen LogP contribution in [0.15, 0.2) is 24.4 Å². The maximum Gasteiger partial charge on any atom is 0.340 e. The Kier molecular flexibility index (Phi) is 7.09. The highest BCUT2D eigenvalue weighted by atomic mass is 16.6. The van der Waals surface area contributed by atoms with Crippen LogP contribution in [0.1, 0.15) is 57.8 Å². The number of unbranched alkanes of at least 4 members (excludes halogenated alkanes) is 1. The number of carbonyl (C=O) groups is 1. The molecule has 0 spiro atoms. The molecule has 0 radical (unpaired) electrons. The lowest BCUT2D eigenvalue weighted by molar-refractivity contribution is 0.00719. The van der Waals surface area contributed by atoms with Crippen molar-refractivity contribution in [1.29, 1.82) is 0 Å². The summed E-state index contributed by atoms with van der Waals surface area (Å²) in [4.78, 5) is 17.9. The molecule has 1 aromatic heterocycles. The lowest BCUT2D eigenvalue weighted by atomic mass is 10.1. The van der Waals surface area contributed by atoms with Gasteiger partial charge >= 0.3 is 5.97 Å². The van der Waals surface area contributed by atoms with Gasteiger partial charge < -0.3 is 19.4 Å². The average Bonchev–Trinajstić information content (AvgIpc) is 3.00. The highest BCUT2D eigenvalue weighted by molar-refractivity contribution is 6.04. The number of H-pyrrole nitrogens is 1. The van der Waals surface area contributed by atoms with Crippen molar-refractivity contribution < 1.29 is 14.3 Å². The highest BCUT2D eigenvalue weighted by Gasteiger charge is 2.20. The molecule has 144 valence electrons. The molecule has 0 fully saturated rings. The first-order valence-corrected chi connectivity index (χ1v) is 9.53. The summed E-state index contributed by atoms with van der Waals surface area (Å²) in [5.41, 5.74) is 0.932. The van der Waals surface area contributed by atoms with Crippen molar-refractivity contribution in [3.63, 3.8) is 0 Å². The summed E-state index contributed by atoms with van der Waals surface area (Å²) >= 11 is 0. The summed E-state index contributed by atoms with van der Waals surface area (Å²) in [6.45, 7) is 14.0. The van der Waals surface area contributed by atoms with E-state index in [2.05, 4.69) is 23.7 Å². The smallest absolute Gasteiger partial charge is 0.340 e. The van der Waals surface area contributed by atoms with Gasteiger partial charge in [0.1, 0.15) is 11.4 Å². The van der Waals surface area contributed by atoms with Gasteiger partial charge in [-0.25, -0.2) is 4.79 Å². The van der Waals surface area contributed by atoms with Crippen LogP contribution in [0.3, 0.4) is 0 Å². The van der Waals surface area contributed by atoms with E-state index < -0.39 is 5.60 Å². The SMILES string of the molecule is CCN(CC)CCCCOc1ccc2[nH]cc(C(=O)OC(C)(C)C)c2c1. The number of aromatic nitrogens is 1. The minimum atomic E-state index is -0.514. The molecule has 0 atom stereocenters. The molecular formula is C21H32N2O3. The Morgan fingerprint density at radius 2 is 1.88 bits per heavy atom. The van der Waals surface area contributed by atoms with E-state index in [1.165, 1.54) is 0 Å².